The molecule has 0 saturated heterocycles. The molecule has 0 spiro atoms. The van der Waals surface area contributed by atoms with Crippen molar-refractivity contribution in [3.05, 3.63) is 120 Å². The van der Waals surface area contributed by atoms with Crippen molar-refractivity contribution in [3.63, 3.8) is 0 Å². The van der Waals surface area contributed by atoms with Gasteiger partial charge in [0, 0.05) is 55.2 Å². The molecule has 0 saturated carbocycles. The monoisotopic (exact) mass is 614 g/mol. The summed E-state index contributed by atoms with van der Waals surface area (Å²) in [7, 11) is -0.665. The number of benzene rings is 5. The minimum atomic E-state index is -0.665. The van der Waals surface area contributed by atoms with E-state index in [0.29, 0.717) is 0 Å². The molecule has 7 aromatic rings. The smallest absolute Gasteiger partial charge is 0.143 e. The van der Waals surface area contributed by atoms with Crippen LogP contribution >= 0.6 is 0 Å². The Hall–Kier alpha value is -4.80. The van der Waals surface area contributed by atoms with Crippen LogP contribution in [0.2, 0.25) is 13.1 Å². The maximum Gasteiger partial charge on any atom is 0.143 e. The van der Waals surface area contributed by atoms with Gasteiger partial charge >= 0.3 is 0 Å². The summed E-state index contributed by atoms with van der Waals surface area (Å²) < 4.78 is 13.5. The van der Waals surface area contributed by atoms with E-state index < -0.39 is 8.80 Å². The first-order valence-corrected chi connectivity index (χ1v) is 18.8. The lowest BCUT2D eigenvalue weighted by molar-refractivity contribution is 0.224. The van der Waals surface area contributed by atoms with Crippen molar-refractivity contribution >= 4 is 57.7 Å². The number of fused-ring (bicyclic) bond motifs is 9. The molecule has 46 heavy (non-hydrogen) atoms. The molecule has 2 aromatic heterocycles. The van der Waals surface area contributed by atoms with Crippen LogP contribution in [-0.2, 0) is 0 Å². The first kappa shape index (κ1) is 27.5. The third-order valence-electron chi connectivity index (χ3n) is 10.0. The van der Waals surface area contributed by atoms with E-state index >= 15 is 0 Å². The normalized spacial score (nSPS) is 17.7. The van der Waals surface area contributed by atoms with Gasteiger partial charge in [-0.15, -0.1) is 0 Å². The van der Waals surface area contributed by atoms with Crippen LogP contribution < -0.4 is 9.92 Å². The van der Waals surface area contributed by atoms with E-state index in [1.54, 1.807) is 0 Å². The second kappa shape index (κ2) is 9.85. The van der Waals surface area contributed by atoms with Crippen LogP contribution in [0.25, 0.3) is 66.0 Å². The van der Waals surface area contributed by atoms with E-state index in [1.165, 1.54) is 43.4 Å². The molecule has 0 bridgehead atoms. The first-order valence-electron chi connectivity index (χ1n) is 16.3. The summed E-state index contributed by atoms with van der Waals surface area (Å²) in [4.78, 5) is 3.66. The number of furan rings is 1. The van der Waals surface area contributed by atoms with Crippen molar-refractivity contribution in [1.29, 1.82) is 0 Å². The Balaban J connectivity index is 1.17. The SMILES string of the molecule is C[Si](C)c1cccc2c1oc1c(-c3ccc4[nH]c5ccc(-c6cccc7c6OC6C(C(C)(C)C)=CC=CC76)cc5c4c3)cccc12. The van der Waals surface area contributed by atoms with E-state index in [-0.39, 0.29) is 17.4 Å². The summed E-state index contributed by atoms with van der Waals surface area (Å²) in [6, 6.07) is 33.3. The quantitative estimate of drug-likeness (QED) is 0.201. The summed E-state index contributed by atoms with van der Waals surface area (Å²) in [5.74, 6) is 1.26. The van der Waals surface area contributed by atoms with Gasteiger partial charge < -0.3 is 14.1 Å². The fourth-order valence-electron chi connectivity index (χ4n) is 7.73. The van der Waals surface area contributed by atoms with E-state index in [2.05, 4.69) is 148 Å². The van der Waals surface area contributed by atoms with E-state index in [1.807, 2.05) is 0 Å². The molecule has 2 aliphatic rings. The Labute approximate surface area is 270 Å². The lowest BCUT2D eigenvalue weighted by atomic mass is 9.75. The molecule has 1 N–H and O–H groups in total. The number of nitrogens with one attached hydrogen (secondary N) is 1. The van der Waals surface area contributed by atoms with Gasteiger partial charge in [-0.2, -0.15) is 0 Å². The molecule has 5 aromatic carbocycles. The fraction of sp³-hybridized carbons (Fsp3) is 0.190. The zero-order chi connectivity index (χ0) is 31.3. The minimum Gasteiger partial charge on any atom is -0.484 e. The molecular weight excluding hydrogens is 579 g/mol. The van der Waals surface area contributed by atoms with Crippen LogP contribution in [0.4, 0.5) is 0 Å². The molecule has 1 radical (unpaired) electrons. The molecule has 1 aliphatic carbocycles. The zero-order valence-electron chi connectivity index (χ0n) is 26.9. The molecule has 0 amide bonds. The van der Waals surface area contributed by atoms with Crippen LogP contribution in [0.5, 0.6) is 5.75 Å². The zero-order valence-corrected chi connectivity index (χ0v) is 27.9. The predicted molar refractivity (Wildman–Crippen MR) is 195 cm³/mol. The molecule has 3 nitrogen and oxygen atoms in total. The third-order valence-corrected chi connectivity index (χ3v) is 11.5. The molecule has 0 fully saturated rings. The van der Waals surface area contributed by atoms with Crippen LogP contribution in [0.3, 0.4) is 0 Å². The Kier molecular flexibility index (Phi) is 5.89. The maximum absolute atomic E-state index is 6.85. The molecule has 1 aliphatic heterocycles. The largest absolute Gasteiger partial charge is 0.484 e. The van der Waals surface area contributed by atoms with Gasteiger partial charge in [0.15, 0.2) is 0 Å². The Morgan fingerprint density at radius 2 is 1.35 bits per heavy atom. The second-order valence-electron chi connectivity index (χ2n) is 14.2. The Morgan fingerprint density at radius 3 is 2.07 bits per heavy atom. The van der Waals surface area contributed by atoms with Crippen LogP contribution in [0.1, 0.15) is 32.3 Å². The van der Waals surface area contributed by atoms with Crippen LogP contribution in [-0.4, -0.2) is 19.9 Å². The molecule has 2 unspecified atom stereocenters. The van der Waals surface area contributed by atoms with Crippen molar-refractivity contribution in [3.8, 4) is 28.0 Å². The number of allylic oxidation sites excluding steroid dienone is 2. The highest BCUT2D eigenvalue weighted by atomic mass is 28.3. The first-order chi connectivity index (χ1) is 22.3. The number of rotatable bonds is 3. The van der Waals surface area contributed by atoms with Gasteiger partial charge in [-0.05, 0) is 51.6 Å². The highest BCUT2D eigenvalue weighted by Gasteiger charge is 2.41. The average molecular weight is 615 g/mol. The molecule has 225 valence electrons. The van der Waals surface area contributed by atoms with Gasteiger partial charge in [-0.25, -0.2) is 0 Å². The number of H-pyrrole nitrogens is 1. The summed E-state index contributed by atoms with van der Waals surface area (Å²) in [6.07, 6.45) is 6.80. The Bertz CT molecular complexity index is 2430. The summed E-state index contributed by atoms with van der Waals surface area (Å²) in [6.45, 7) is 11.5. The highest BCUT2D eigenvalue weighted by Crippen LogP contribution is 2.51. The molecule has 9 rings (SSSR count). The number of aromatic nitrogens is 1. The van der Waals surface area contributed by atoms with Gasteiger partial charge in [-0.1, -0.05) is 119 Å². The van der Waals surface area contributed by atoms with Gasteiger partial charge in [0.2, 0.25) is 0 Å². The van der Waals surface area contributed by atoms with Gasteiger partial charge in [0.1, 0.15) is 23.0 Å². The third kappa shape index (κ3) is 4.03. The van der Waals surface area contributed by atoms with Crippen LogP contribution in [0.15, 0.2) is 119 Å². The topological polar surface area (TPSA) is 38.2 Å². The predicted octanol–water partition coefficient (Wildman–Crippen LogP) is 10.9. The van der Waals surface area contributed by atoms with Gasteiger partial charge in [0.25, 0.3) is 0 Å². The number of hydrogen-bond acceptors (Lipinski definition) is 2. The van der Waals surface area contributed by atoms with Crippen molar-refractivity contribution in [2.45, 2.75) is 45.9 Å². The Morgan fingerprint density at radius 1 is 0.696 bits per heavy atom. The van der Waals surface area contributed by atoms with Crippen molar-refractivity contribution in [1.82, 2.24) is 4.98 Å². The second-order valence-corrected chi connectivity index (χ2v) is 16.7. The fourth-order valence-corrected chi connectivity index (χ4v) is 8.79. The van der Waals surface area contributed by atoms with Crippen molar-refractivity contribution in [2.75, 3.05) is 0 Å². The lowest BCUT2D eigenvalue weighted by Crippen LogP contribution is -2.29. The van der Waals surface area contributed by atoms with Gasteiger partial charge in [0.05, 0.1) is 8.80 Å². The van der Waals surface area contributed by atoms with Gasteiger partial charge in [-0.3, -0.25) is 0 Å². The molecule has 3 heterocycles. The summed E-state index contributed by atoms with van der Waals surface area (Å²) in [5.41, 5.74) is 11.5. The van der Waals surface area contributed by atoms with E-state index in [4.69, 9.17) is 9.15 Å². The number of para-hydroxylation sites is 3. The number of aromatic amines is 1. The summed E-state index contributed by atoms with van der Waals surface area (Å²) in [5, 5.41) is 6.15. The maximum atomic E-state index is 6.85. The van der Waals surface area contributed by atoms with E-state index in [9.17, 15) is 0 Å². The minimum absolute atomic E-state index is 0.0415. The summed E-state index contributed by atoms with van der Waals surface area (Å²) >= 11 is 0. The molecule has 2 atom stereocenters. The molecular formula is C42H36NO2Si. The number of ether oxygens (including phenoxy) is 1. The van der Waals surface area contributed by atoms with E-state index in [0.717, 1.165) is 44.6 Å². The lowest BCUT2D eigenvalue weighted by Gasteiger charge is -2.32. The van der Waals surface area contributed by atoms with Crippen molar-refractivity contribution in [2.24, 2.45) is 5.41 Å². The van der Waals surface area contributed by atoms with Crippen molar-refractivity contribution < 1.29 is 9.15 Å². The van der Waals surface area contributed by atoms with Crippen LogP contribution in [0, 0.1) is 5.41 Å². The highest BCUT2D eigenvalue weighted by molar-refractivity contribution is 6.73. The standard InChI is InChI=1S/C42H36NO2Si/c1-42(2,3)34-16-8-14-30-28-12-6-10-26(38(28)44-40(30)34)24-18-20-35-32(22-24)33-23-25(19-21-36(33)43-35)27-11-7-13-29-31-15-9-17-37(46(4)5)41(31)45-39(27)29/h6-23,30,40,43H,1-5H3. The molecule has 4 heteroatoms. The number of hydrogen-bond donors (Lipinski definition) is 1. The average Bonchev–Trinajstić information content (AvgIpc) is 3.74.